The van der Waals surface area contributed by atoms with Crippen molar-refractivity contribution in [1.82, 2.24) is 46.6 Å². The highest BCUT2D eigenvalue weighted by atomic mass is 32.2. The largest absolute Gasteiger partial charge is 0.504 e. The number of β-amino-alcohol motifs (C(OH)–C–C–N with tert-alkyl or cyclic N) is 1. The fraction of sp³-hybridized carbons (Fsp3) is 0.452. The van der Waals surface area contributed by atoms with Crippen molar-refractivity contribution in [2.75, 3.05) is 19.6 Å². The number of phenolic OH excluding ortho intramolecular Hbond substituents is 1. The van der Waals surface area contributed by atoms with Crippen LogP contribution in [0.25, 0.3) is 32.3 Å². The first-order chi connectivity index (χ1) is 45.0. The highest BCUT2D eigenvalue weighted by molar-refractivity contribution is 7.90. The van der Waals surface area contributed by atoms with Crippen molar-refractivity contribution in [3.63, 3.8) is 0 Å². The maximum atomic E-state index is 14.7. The number of nitrogens with two attached hydrogens (primary N) is 1. The van der Waals surface area contributed by atoms with Gasteiger partial charge in [0.05, 0.1) is 49.1 Å². The van der Waals surface area contributed by atoms with E-state index in [1.807, 2.05) is 48.5 Å². The number of nitrogens with zero attached hydrogens (tertiary/aromatic N) is 4. The zero-order chi connectivity index (χ0) is 67.5. The summed E-state index contributed by atoms with van der Waals surface area (Å²) < 4.78 is 15.5. The number of hydrogen-bond acceptors (Lipinski definition) is 24. The molecule has 12 unspecified atom stereocenters. The number of aliphatic hydroxyl groups excluding tert-OH is 6. The zero-order valence-corrected chi connectivity index (χ0v) is 52.5. The number of benzene rings is 4. The molecule has 94 heavy (non-hydrogen) atoms. The molecule has 5 aromatic rings. The number of fused-ring (bicyclic) bond motifs is 2. The molecule has 4 aromatic carbocycles. The Balaban J connectivity index is 0.965. The van der Waals surface area contributed by atoms with Gasteiger partial charge in [0.1, 0.15) is 52.0 Å². The zero-order valence-electron chi connectivity index (χ0n) is 50.9. The highest BCUT2D eigenvalue weighted by Gasteiger charge is 2.50. The number of nitrogens with one attached hydrogen (secondary N) is 5. The summed E-state index contributed by atoms with van der Waals surface area (Å²) in [5.74, 6) is -10.3. The number of ether oxygens (including phenoxy) is 1. The van der Waals surface area contributed by atoms with Crippen LogP contribution in [0.5, 0.6) is 17.2 Å². The molecule has 0 spiro atoms. The Labute approximate surface area is 546 Å². The van der Waals surface area contributed by atoms with Gasteiger partial charge in [0.2, 0.25) is 41.4 Å². The average Bonchev–Trinajstić information content (AvgIpc) is 1.62. The standard InChI is InChI=1S/C62H74N10O20S2/c1-30-28-72-52(53(30)80)58(85)64-27-38(74)24-42(65-54(81)35-11-15-37(16-12-35)60-70-69-59(93-60)36-13-9-33(10-14-36)34-17-19-41(20-18-34)89-40-6-4-3-5-7-40)55(82)66-49(31(2)73)61(86)71-29-39(75)25-43(71)56(83)67-50(57(84)68-51(62(72)87)46(78)26-48(63)79)45(77)22-32-8-21-44(76)47(23-32)90-94-92-91-88/h8-21,23,30-31,38-40,42-43,45-46,49-53,73-78,80,88H,3-7,22,24-29H2,1-2H3,(H2,63,79)(H,64,85)(H,65,81)(H,66,82)(H,67,83)(H,68,84)/t30?,31?,38?,39?,42-,43?,45?,46?,49?,50?,51?,52?,53?/m0/s1. The molecular formula is C62H74N10O20S2. The normalized spacial score (nSPS) is 25.5. The number of aromatic hydroxyl groups is 1. The molecule has 3 saturated heterocycles. The molecule has 13 atom stereocenters. The van der Waals surface area contributed by atoms with E-state index in [-0.39, 0.29) is 35.3 Å². The lowest BCUT2D eigenvalue weighted by molar-refractivity contribution is -0.433. The van der Waals surface area contributed by atoms with Crippen LogP contribution >= 0.6 is 23.7 Å². The molecule has 1 aromatic heterocycles. The fourth-order valence-electron chi connectivity index (χ4n) is 11.8. The summed E-state index contributed by atoms with van der Waals surface area (Å²) in [7, 11) is 0. The minimum Gasteiger partial charge on any atom is -0.504 e. The van der Waals surface area contributed by atoms with Gasteiger partial charge in [0.25, 0.3) is 18.2 Å². The Kier molecular flexibility index (Phi) is 23.6. The molecule has 1 saturated carbocycles. The summed E-state index contributed by atoms with van der Waals surface area (Å²) in [4.78, 5) is 115. The third-order valence-corrected chi connectivity index (χ3v) is 18.2. The summed E-state index contributed by atoms with van der Waals surface area (Å²) in [6.45, 7) is 0.860. The minimum atomic E-state index is -2.22. The third-order valence-electron chi connectivity index (χ3n) is 16.8. The maximum absolute atomic E-state index is 14.7. The fourth-order valence-corrected chi connectivity index (χ4v) is 12.9. The van der Waals surface area contributed by atoms with Crippen molar-refractivity contribution in [3.8, 4) is 49.5 Å². The van der Waals surface area contributed by atoms with Crippen LogP contribution in [0.1, 0.15) is 81.1 Å². The molecule has 1 aliphatic carbocycles. The number of aliphatic hydroxyl groups is 6. The van der Waals surface area contributed by atoms with Crippen molar-refractivity contribution < 1.29 is 97.7 Å². The Morgan fingerprint density at radius 3 is 1.97 bits per heavy atom. The summed E-state index contributed by atoms with van der Waals surface area (Å²) in [6.07, 6.45) is -7.68. The van der Waals surface area contributed by atoms with E-state index < -0.39 is 177 Å². The number of carbonyl (C=O) groups is 8. The van der Waals surface area contributed by atoms with Crippen LogP contribution in [-0.4, -0.2) is 207 Å². The molecule has 0 bridgehead atoms. The summed E-state index contributed by atoms with van der Waals surface area (Å²) in [5.41, 5.74) is 8.92. The van der Waals surface area contributed by atoms with Crippen LogP contribution in [0.3, 0.4) is 0 Å². The van der Waals surface area contributed by atoms with Gasteiger partial charge in [-0.3, -0.25) is 38.4 Å². The van der Waals surface area contributed by atoms with E-state index in [0.29, 0.717) is 15.6 Å². The van der Waals surface area contributed by atoms with Gasteiger partial charge in [-0.15, -0.1) is 10.2 Å². The molecule has 15 N–H and O–H groups in total. The first-order valence-electron chi connectivity index (χ1n) is 30.4. The second kappa shape index (κ2) is 31.7. The highest BCUT2D eigenvalue weighted by Crippen LogP contribution is 2.35. The van der Waals surface area contributed by atoms with Crippen molar-refractivity contribution in [3.05, 3.63) is 102 Å². The summed E-state index contributed by atoms with van der Waals surface area (Å²) >= 11 is 1.36. The van der Waals surface area contributed by atoms with Gasteiger partial charge in [-0.1, -0.05) is 88.7 Å². The Morgan fingerprint density at radius 2 is 1.33 bits per heavy atom. The number of phenols is 1. The molecule has 8 amide bonds. The molecule has 4 fully saturated rings. The first kappa shape index (κ1) is 69.9. The predicted octanol–water partition coefficient (Wildman–Crippen LogP) is 0.143. The Bertz CT molecular complexity index is 3510. The lowest BCUT2D eigenvalue weighted by Crippen LogP contribution is -2.64. The van der Waals surface area contributed by atoms with E-state index in [2.05, 4.69) is 46.2 Å². The second-order valence-corrected chi connectivity index (χ2v) is 25.2. The van der Waals surface area contributed by atoms with Crippen molar-refractivity contribution in [2.24, 2.45) is 11.7 Å². The number of amides is 8. The molecule has 32 heteroatoms. The minimum absolute atomic E-state index is 0.00392. The van der Waals surface area contributed by atoms with E-state index >= 15 is 0 Å². The topological polar surface area (TPSA) is 454 Å². The maximum Gasteiger partial charge on any atom is 0.261 e. The SMILES string of the molecule is CC(O)C1NC(=O)[C@@H](NC(=O)c2ccc(-c3nnc(-c4ccc(-c5ccc(OC6CCCCC6)cc5)cc4)s3)cc2)CC(O)CNC(=O)C2C(O)C(C)CN2C(=O)C(C(O)CC(N)=O)NC(=O)C(C(O)Cc2ccc(O)c(OSOOO)c2)NC(=O)C2CC(O)CN2C1=O. The van der Waals surface area contributed by atoms with Gasteiger partial charge >= 0.3 is 0 Å². The Morgan fingerprint density at radius 1 is 0.723 bits per heavy atom. The van der Waals surface area contributed by atoms with Crippen molar-refractivity contribution in [1.29, 1.82) is 0 Å². The van der Waals surface area contributed by atoms with Gasteiger partial charge in [-0.2, -0.15) is 0 Å². The molecule has 4 heterocycles. The number of aromatic nitrogens is 2. The van der Waals surface area contributed by atoms with Crippen LogP contribution < -0.4 is 41.2 Å². The number of hydrogen-bond donors (Lipinski definition) is 14. The van der Waals surface area contributed by atoms with Crippen LogP contribution in [0, 0.1) is 5.92 Å². The van der Waals surface area contributed by atoms with Gasteiger partial charge in [-0.25, -0.2) is 5.26 Å². The van der Waals surface area contributed by atoms with Crippen LogP contribution in [0.2, 0.25) is 0 Å². The van der Waals surface area contributed by atoms with Crippen molar-refractivity contribution >= 4 is 70.9 Å². The summed E-state index contributed by atoms with van der Waals surface area (Å²) in [5, 5.41) is 113. The monoisotopic (exact) mass is 1340 g/mol. The van der Waals surface area contributed by atoms with Crippen molar-refractivity contribution in [2.45, 2.75) is 151 Å². The smallest absolute Gasteiger partial charge is 0.261 e. The van der Waals surface area contributed by atoms with Crippen LogP contribution in [0.15, 0.2) is 91.0 Å². The molecular weight excluding hydrogens is 1270 g/mol. The van der Waals surface area contributed by atoms with E-state index in [1.165, 1.54) is 55.7 Å². The number of rotatable bonds is 18. The van der Waals surface area contributed by atoms with Gasteiger partial charge < -0.3 is 86.8 Å². The van der Waals surface area contributed by atoms with E-state index in [1.54, 1.807) is 12.1 Å². The molecule has 3 aliphatic heterocycles. The van der Waals surface area contributed by atoms with Crippen LogP contribution in [0.4, 0.5) is 0 Å². The van der Waals surface area contributed by atoms with E-state index in [0.717, 1.165) is 64.1 Å². The van der Waals surface area contributed by atoms with Gasteiger partial charge in [-0.05, 0) is 85.7 Å². The molecule has 504 valence electrons. The first-order valence-corrected chi connectivity index (χ1v) is 31.9. The molecule has 30 nitrogen and oxygen atoms in total. The van der Waals surface area contributed by atoms with Gasteiger partial charge in [0, 0.05) is 61.5 Å². The van der Waals surface area contributed by atoms with Gasteiger partial charge in [0.15, 0.2) is 11.5 Å². The van der Waals surface area contributed by atoms with E-state index in [9.17, 15) is 74.1 Å². The second-order valence-electron chi connectivity index (χ2n) is 23.7. The van der Waals surface area contributed by atoms with Crippen LogP contribution in [-0.2, 0) is 49.4 Å². The predicted molar refractivity (Wildman–Crippen MR) is 334 cm³/mol. The molecule has 4 aliphatic rings. The molecule has 9 rings (SSSR count). The lowest BCUT2D eigenvalue weighted by Gasteiger charge is -2.33. The number of carbonyl (C=O) groups excluding carboxylic acids is 8. The van der Waals surface area contributed by atoms with E-state index in [4.69, 9.17) is 19.9 Å². The summed E-state index contributed by atoms with van der Waals surface area (Å²) in [6, 6.07) is 13.8. The quantitative estimate of drug-likeness (QED) is 0.0240. The Hall–Kier alpha value is -8.41. The number of primary amides is 1. The average molecular weight is 1340 g/mol. The third kappa shape index (κ3) is 17.3. The molecule has 0 radical (unpaired) electrons. The lowest BCUT2D eigenvalue weighted by atomic mass is 9.98.